The highest BCUT2D eigenvalue weighted by atomic mass is 35.5. The van der Waals surface area contributed by atoms with Crippen LogP contribution >= 0.6 is 11.6 Å². The lowest BCUT2D eigenvalue weighted by Gasteiger charge is -2.17. The van der Waals surface area contributed by atoms with Crippen LogP contribution in [0.4, 0.5) is 0 Å². The van der Waals surface area contributed by atoms with E-state index >= 15 is 0 Å². The van der Waals surface area contributed by atoms with Gasteiger partial charge in [0.2, 0.25) is 0 Å². The third kappa shape index (κ3) is 2.96. The van der Waals surface area contributed by atoms with Gasteiger partial charge in [-0.2, -0.15) is 0 Å². The van der Waals surface area contributed by atoms with Gasteiger partial charge in [-0.25, -0.2) is 0 Å². The number of hydrogen-bond donors (Lipinski definition) is 0. The molecule has 100 valence electrons. The first-order chi connectivity index (χ1) is 8.56. The van der Waals surface area contributed by atoms with Crippen molar-refractivity contribution in [3.63, 3.8) is 0 Å². The molecule has 3 nitrogen and oxygen atoms in total. The molecule has 0 aliphatic carbocycles. The van der Waals surface area contributed by atoms with Gasteiger partial charge in [0.1, 0.15) is 11.3 Å². The Hall–Kier alpha value is -1.22. The van der Waals surface area contributed by atoms with Crippen molar-refractivity contribution < 1.29 is 14.3 Å². The summed E-state index contributed by atoms with van der Waals surface area (Å²) < 4.78 is 11.0. The van der Waals surface area contributed by atoms with Crippen LogP contribution in [0.3, 0.4) is 0 Å². The Labute approximate surface area is 113 Å². The van der Waals surface area contributed by atoms with Gasteiger partial charge in [-0.3, -0.25) is 4.79 Å². The van der Waals surface area contributed by atoms with E-state index in [9.17, 15) is 4.79 Å². The summed E-state index contributed by atoms with van der Waals surface area (Å²) >= 11 is 6.28. The SMILES string of the molecule is CCOc1cc(CC)c(Cl)c(OCC)c1C(C)=O. The van der Waals surface area contributed by atoms with Gasteiger partial charge in [-0.15, -0.1) is 0 Å². The molecule has 1 aromatic rings. The third-order valence-electron chi connectivity index (χ3n) is 2.58. The molecule has 0 heterocycles. The second-order valence-electron chi connectivity index (χ2n) is 3.83. The lowest BCUT2D eigenvalue weighted by atomic mass is 10.0. The van der Waals surface area contributed by atoms with Crippen LogP contribution in [-0.2, 0) is 6.42 Å². The van der Waals surface area contributed by atoms with Crippen LogP contribution in [0.2, 0.25) is 5.02 Å². The molecule has 0 N–H and O–H groups in total. The minimum atomic E-state index is -0.105. The standard InChI is InChI=1S/C14H19ClO3/c1-5-10-8-11(17-6-2)12(9(4)16)14(13(10)15)18-7-3/h8H,5-7H2,1-4H3. The highest BCUT2D eigenvalue weighted by Gasteiger charge is 2.21. The first-order valence-corrected chi connectivity index (χ1v) is 6.56. The summed E-state index contributed by atoms with van der Waals surface area (Å²) in [6, 6.07) is 1.82. The van der Waals surface area contributed by atoms with Gasteiger partial charge in [0.15, 0.2) is 11.5 Å². The van der Waals surface area contributed by atoms with E-state index in [1.807, 2.05) is 26.8 Å². The fraction of sp³-hybridized carbons (Fsp3) is 0.500. The molecule has 4 heteroatoms. The molecule has 0 aliphatic rings. The number of Topliss-reactive ketones (excluding diaryl/α,β-unsaturated/α-hetero) is 1. The van der Waals surface area contributed by atoms with Crippen LogP contribution < -0.4 is 9.47 Å². The van der Waals surface area contributed by atoms with Crippen molar-refractivity contribution in [3.05, 3.63) is 22.2 Å². The minimum Gasteiger partial charge on any atom is -0.493 e. The fourth-order valence-corrected chi connectivity index (χ4v) is 2.14. The Bertz CT molecular complexity index is 441. The minimum absolute atomic E-state index is 0.105. The van der Waals surface area contributed by atoms with Crippen molar-refractivity contribution >= 4 is 17.4 Å². The number of aryl methyl sites for hydroxylation is 1. The molecule has 0 bridgehead atoms. The van der Waals surface area contributed by atoms with Gasteiger partial charge in [0.25, 0.3) is 0 Å². The van der Waals surface area contributed by atoms with E-state index in [1.54, 1.807) is 0 Å². The van der Waals surface area contributed by atoms with Gasteiger partial charge in [0.05, 0.1) is 18.2 Å². The molecule has 0 fully saturated rings. The maximum atomic E-state index is 11.8. The number of ether oxygens (including phenoxy) is 2. The average molecular weight is 271 g/mol. The van der Waals surface area contributed by atoms with E-state index in [0.717, 1.165) is 12.0 Å². The molecular formula is C14H19ClO3. The number of carbonyl (C=O) groups is 1. The summed E-state index contributed by atoms with van der Waals surface area (Å²) in [6.07, 6.45) is 0.761. The monoisotopic (exact) mass is 270 g/mol. The predicted octanol–water partition coefficient (Wildman–Crippen LogP) is 3.90. The summed E-state index contributed by atoms with van der Waals surface area (Å²) in [5.41, 5.74) is 1.36. The first-order valence-electron chi connectivity index (χ1n) is 6.18. The Balaban J connectivity index is 3.50. The number of hydrogen-bond acceptors (Lipinski definition) is 3. The summed E-state index contributed by atoms with van der Waals surface area (Å²) in [5, 5.41) is 0.507. The maximum absolute atomic E-state index is 11.8. The Kier molecular flexibility index (Phi) is 5.48. The summed E-state index contributed by atoms with van der Waals surface area (Å²) in [5.74, 6) is 0.885. The predicted molar refractivity (Wildman–Crippen MR) is 73.2 cm³/mol. The summed E-state index contributed by atoms with van der Waals surface area (Å²) in [7, 11) is 0. The van der Waals surface area contributed by atoms with Crippen molar-refractivity contribution in [3.8, 4) is 11.5 Å². The Morgan fingerprint density at radius 2 is 1.83 bits per heavy atom. The summed E-state index contributed by atoms with van der Waals surface area (Å²) in [4.78, 5) is 11.8. The molecule has 0 spiro atoms. The van der Waals surface area contributed by atoms with E-state index < -0.39 is 0 Å². The number of ketones is 1. The van der Waals surface area contributed by atoms with Crippen molar-refractivity contribution in [2.75, 3.05) is 13.2 Å². The zero-order chi connectivity index (χ0) is 13.7. The van der Waals surface area contributed by atoms with Gasteiger partial charge >= 0.3 is 0 Å². The van der Waals surface area contributed by atoms with E-state index in [0.29, 0.717) is 35.3 Å². The fourth-order valence-electron chi connectivity index (χ4n) is 1.80. The number of carbonyl (C=O) groups excluding carboxylic acids is 1. The zero-order valence-electron chi connectivity index (χ0n) is 11.3. The normalized spacial score (nSPS) is 10.3. The Morgan fingerprint density at radius 3 is 2.28 bits per heavy atom. The summed E-state index contributed by atoms with van der Waals surface area (Å²) in [6.45, 7) is 8.18. The molecule has 0 saturated carbocycles. The van der Waals surface area contributed by atoms with Crippen molar-refractivity contribution in [1.82, 2.24) is 0 Å². The molecule has 1 aromatic carbocycles. The molecule has 0 aromatic heterocycles. The highest BCUT2D eigenvalue weighted by Crippen LogP contribution is 2.39. The number of benzene rings is 1. The topological polar surface area (TPSA) is 35.5 Å². The van der Waals surface area contributed by atoms with E-state index in [2.05, 4.69) is 0 Å². The van der Waals surface area contributed by atoms with Crippen molar-refractivity contribution in [1.29, 1.82) is 0 Å². The second-order valence-corrected chi connectivity index (χ2v) is 4.21. The maximum Gasteiger partial charge on any atom is 0.167 e. The smallest absolute Gasteiger partial charge is 0.167 e. The molecule has 18 heavy (non-hydrogen) atoms. The Morgan fingerprint density at radius 1 is 1.22 bits per heavy atom. The molecular weight excluding hydrogens is 252 g/mol. The average Bonchev–Trinajstić information content (AvgIpc) is 2.33. The van der Waals surface area contributed by atoms with Gasteiger partial charge in [-0.05, 0) is 38.8 Å². The van der Waals surface area contributed by atoms with E-state index in [1.165, 1.54) is 6.92 Å². The zero-order valence-corrected chi connectivity index (χ0v) is 12.1. The molecule has 1 rings (SSSR count). The van der Waals surface area contributed by atoms with E-state index in [-0.39, 0.29) is 5.78 Å². The third-order valence-corrected chi connectivity index (χ3v) is 3.00. The quantitative estimate of drug-likeness (QED) is 0.736. The van der Waals surface area contributed by atoms with Crippen molar-refractivity contribution in [2.24, 2.45) is 0 Å². The lowest BCUT2D eigenvalue weighted by Crippen LogP contribution is -2.07. The van der Waals surface area contributed by atoms with Crippen LogP contribution in [0.5, 0.6) is 11.5 Å². The molecule has 0 amide bonds. The van der Waals surface area contributed by atoms with Crippen LogP contribution in [-0.4, -0.2) is 19.0 Å². The molecule has 0 saturated heterocycles. The lowest BCUT2D eigenvalue weighted by molar-refractivity contribution is 0.101. The van der Waals surface area contributed by atoms with Gasteiger partial charge < -0.3 is 9.47 Å². The van der Waals surface area contributed by atoms with Gasteiger partial charge in [-0.1, -0.05) is 18.5 Å². The van der Waals surface area contributed by atoms with Crippen LogP contribution in [0.15, 0.2) is 6.07 Å². The molecule has 0 unspecified atom stereocenters. The van der Waals surface area contributed by atoms with Crippen molar-refractivity contribution in [2.45, 2.75) is 34.1 Å². The second kappa shape index (κ2) is 6.64. The largest absolute Gasteiger partial charge is 0.493 e. The molecule has 0 radical (unpaired) electrons. The number of rotatable bonds is 6. The van der Waals surface area contributed by atoms with Gasteiger partial charge in [0, 0.05) is 0 Å². The molecule has 0 aliphatic heterocycles. The highest BCUT2D eigenvalue weighted by molar-refractivity contribution is 6.33. The first kappa shape index (κ1) is 14.8. The van der Waals surface area contributed by atoms with Crippen LogP contribution in [0, 0.1) is 0 Å². The van der Waals surface area contributed by atoms with E-state index in [4.69, 9.17) is 21.1 Å². The van der Waals surface area contributed by atoms with Crippen LogP contribution in [0.25, 0.3) is 0 Å². The number of halogens is 1. The van der Waals surface area contributed by atoms with Crippen LogP contribution in [0.1, 0.15) is 43.6 Å². The molecule has 0 atom stereocenters.